The van der Waals surface area contributed by atoms with E-state index in [1.807, 2.05) is 13.8 Å². The molecular weight excluding hydrogens is 612 g/mol. The summed E-state index contributed by atoms with van der Waals surface area (Å²) in [7, 11) is 0. The number of carboxylic acids is 1. The maximum Gasteiger partial charge on any atom is 0.326 e. The van der Waals surface area contributed by atoms with Crippen molar-refractivity contribution in [1.29, 1.82) is 0 Å². The third kappa shape index (κ3) is 10.5. The number of aromatic hydroxyl groups is 1. The van der Waals surface area contributed by atoms with E-state index in [0.29, 0.717) is 11.1 Å². The molecule has 0 aliphatic rings. The van der Waals surface area contributed by atoms with Crippen LogP contribution in [0.1, 0.15) is 43.0 Å². The van der Waals surface area contributed by atoms with Gasteiger partial charge >= 0.3 is 5.97 Å². The van der Waals surface area contributed by atoms with Gasteiger partial charge in [0.1, 0.15) is 23.9 Å². The molecule has 0 aromatic heterocycles. The van der Waals surface area contributed by atoms with Gasteiger partial charge in [0.25, 0.3) is 0 Å². The van der Waals surface area contributed by atoms with Gasteiger partial charge in [-0.05, 0) is 35.6 Å². The summed E-state index contributed by atoms with van der Waals surface area (Å²) in [4.78, 5) is 86.3. The Morgan fingerprint density at radius 3 is 2.09 bits per heavy atom. The molecule has 0 fully saturated rings. The van der Waals surface area contributed by atoms with E-state index in [1.54, 1.807) is 30.3 Å². The fourth-order valence-corrected chi connectivity index (χ4v) is 4.73. The van der Waals surface area contributed by atoms with E-state index in [9.17, 15) is 43.8 Å². The van der Waals surface area contributed by atoms with Crippen molar-refractivity contribution < 1.29 is 34.2 Å². The molecule has 250 valence electrons. The molecule has 0 aliphatic heterocycles. The van der Waals surface area contributed by atoms with Crippen molar-refractivity contribution in [3.05, 3.63) is 91.7 Å². The summed E-state index contributed by atoms with van der Waals surface area (Å²) < 4.78 is 0. The highest BCUT2D eigenvalue weighted by Crippen LogP contribution is 2.18. The highest BCUT2D eigenvalue weighted by Gasteiger charge is 2.28. The Labute approximate surface area is 269 Å². The first kappa shape index (κ1) is 35.9. The molecule has 0 aliphatic carbocycles. The summed E-state index contributed by atoms with van der Waals surface area (Å²) in [6.45, 7) is 2.38. The molecule has 3 rings (SSSR count). The number of carbonyl (C=O) groups excluding carboxylic acids is 4. The van der Waals surface area contributed by atoms with E-state index in [2.05, 4.69) is 26.6 Å². The van der Waals surface area contributed by atoms with E-state index in [4.69, 9.17) is 5.73 Å². The second-order valence-electron chi connectivity index (χ2n) is 11.3. The van der Waals surface area contributed by atoms with Gasteiger partial charge in [-0.2, -0.15) is 0 Å². The number of rotatable bonds is 18. The van der Waals surface area contributed by atoms with E-state index >= 15 is 0 Å². The van der Waals surface area contributed by atoms with Crippen LogP contribution in [0, 0.1) is 5.92 Å². The Bertz CT molecular complexity index is 1650. The zero-order valence-electron chi connectivity index (χ0n) is 25.9. The fraction of sp³-hybridized carbons (Fsp3) is 0.344. The quantitative estimate of drug-likeness (QED) is 0.0790. The van der Waals surface area contributed by atoms with Crippen LogP contribution in [-0.4, -0.2) is 65.0 Å². The zero-order valence-corrected chi connectivity index (χ0v) is 25.9. The summed E-state index contributed by atoms with van der Waals surface area (Å²) in [5, 5.41) is 31.7. The number of hydrogen-bond acceptors (Lipinski definition) is 10. The van der Waals surface area contributed by atoms with Gasteiger partial charge in [0.2, 0.25) is 34.5 Å². The number of nitrogens with one attached hydrogen (secondary N) is 5. The van der Waals surface area contributed by atoms with Crippen molar-refractivity contribution in [3.8, 4) is 5.75 Å². The predicted octanol–water partition coefficient (Wildman–Crippen LogP) is -0.824. The van der Waals surface area contributed by atoms with Gasteiger partial charge in [-0.1, -0.05) is 56.3 Å². The van der Waals surface area contributed by atoms with Crippen molar-refractivity contribution in [2.45, 2.75) is 51.4 Å². The number of nitrogens with two attached hydrogens (primary N) is 1. The Kier molecular flexibility index (Phi) is 12.7. The van der Waals surface area contributed by atoms with Crippen LogP contribution in [0.25, 0.3) is 0 Å². The number of phenols is 1. The van der Waals surface area contributed by atoms with Crippen LogP contribution in [0.3, 0.4) is 0 Å². The molecule has 0 bridgehead atoms. The van der Waals surface area contributed by atoms with Crippen LogP contribution in [-0.2, 0) is 36.9 Å². The van der Waals surface area contributed by atoms with Crippen LogP contribution >= 0.6 is 0 Å². The van der Waals surface area contributed by atoms with Gasteiger partial charge in [0.15, 0.2) is 0 Å². The lowest BCUT2D eigenvalue weighted by molar-refractivity contribution is -0.142. The number of hydrogen-bond donors (Lipinski definition) is 8. The van der Waals surface area contributed by atoms with Crippen LogP contribution in [0.4, 0.5) is 5.69 Å². The molecule has 0 radical (unpaired) electrons. The standard InChI is InChI=1S/C32H38N6O9/c1-17(2)12-23(32(46)47)38-31(45)22(13-18-6-4-3-5-7-18)37-25(41)16-34-24(40)15-36-27-21(28(42)29(27)43)14-35-26(30(33)44)19-8-10-20(39)11-9-19/h3-11,17,22-23,26,35-36,39H,12-16H2,1-2H3,(H2,33,44)(H,34,40)(H,37,41)(H,38,45)(H,46,47)/t22-,23-,26-/m0/s1. The summed E-state index contributed by atoms with van der Waals surface area (Å²) >= 11 is 0. The molecular formula is C32H38N6O9. The van der Waals surface area contributed by atoms with E-state index < -0.39 is 71.7 Å². The number of carbonyl (C=O) groups is 5. The van der Waals surface area contributed by atoms with Crippen LogP contribution in [0.2, 0.25) is 0 Å². The molecule has 4 amide bonds. The largest absolute Gasteiger partial charge is 0.508 e. The molecule has 3 aromatic carbocycles. The van der Waals surface area contributed by atoms with Crippen molar-refractivity contribution >= 4 is 35.3 Å². The Hall–Kier alpha value is -5.57. The molecule has 47 heavy (non-hydrogen) atoms. The Balaban J connectivity index is 1.56. The highest BCUT2D eigenvalue weighted by molar-refractivity contribution is 5.92. The lowest BCUT2D eigenvalue weighted by atomic mass is 10.0. The molecule has 15 heteroatoms. The first-order chi connectivity index (χ1) is 22.3. The average Bonchev–Trinajstić information content (AvgIpc) is 3.02. The van der Waals surface area contributed by atoms with E-state index in [1.165, 1.54) is 24.3 Å². The minimum atomic E-state index is -1.21. The second-order valence-corrected chi connectivity index (χ2v) is 11.3. The summed E-state index contributed by atoms with van der Waals surface area (Å²) in [5.74, 6) is -4.14. The van der Waals surface area contributed by atoms with Crippen LogP contribution in [0.5, 0.6) is 5.75 Å². The average molecular weight is 651 g/mol. The van der Waals surface area contributed by atoms with Crippen molar-refractivity contribution in [2.24, 2.45) is 11.7 Å². The van der Waals surface area contributed by atoms with Gasteiger partial charge in [0, 0.05) is 18.5 Å². The molecule has 3 aromatic rings. The zero-order chi connectivity index (χ0) is 34.7. The number of aliphatic carboxylic acids is 1. The fourth-order valence-electron chi connectivity index (χ4n) is 4.73. The molecule has 3 atom stereocenters. The number of amides is 4. The van der Waals surface area contributed by atoms with Crippen molar-refractivity contribution in [1.82, 2.24) is 21.3 Å². The second kappa shape index (κ2) is 16.7. The summed E-state index contributed by atoms with van der Waals surface area (Å²) in [6.07, 6.45) is 0.245. The molecule has 0 saturated heterocycles. The lowest BCUT2D eigenvalue weighted by Gasteiger charge is -2.22. The van der Waals surface area contributed by atoms with Gasteiger partial charge < -0.3 is 37.2 Å². The van der Waals surface area contributed by atoms with Gasteiger partial charge in [-0.3, -0.25) is 34.1 Å². The lowest BCUT2D eigenvalue weighted by Crippen LogP contribution is -2.54. The third-order valence-electron chi connectivity index (χ3n) is 7.13. The van der Waals surface area contributed by atoms with Crippen LogP contribution in [0.15, 0.2) is 64.2 Å². The maximum absolute atomic E-state index is 13.1. The minimum absolute atomic E-state index is 0.00234. The molecule has 0 saturated carbocycles. The molecule has 9 N–H and O–H groups in total. The Morgan fingerprint density at radius 2 is 1.49 bits per heavy atom. The first-order valence-corrected chi connectivity index (χ1v) is 14.8. The minimum Gasteiger partial charge on any atom is -0.508 e. The predicted molar refractivity (Wildman–Crippen MR) is 171 cm³/mol. The number of anilines is 1. The highest BCUT2D eigenvalue weighted by atomic mass is 16.4. The molecule has 0 heterocycles. The van der Waals surface area contributed by atoms with E-state index in [-0.39, 0.29) is 42.3 Å². The molecule has 15 nitrogen and oxygen atoms in total. The summed E-state index contributed by atoms with van der Waals surface area (Å²) in [5.41, 5.74) is 4.78. The number of carboxylic acid groups (broad SMARTS) is 1. The van der Waals surface area contributed by atoms with Gasteiger partial charge in [-0.25, -0.2) is 4.79 Å². The Morgan fingerprint density at radius 1 is 0.830 bits per heavy atom. The maximum atomic E-state index is 13.1. The smallest absolute Gasteiger partial charge is 0.326 e. The van der Waals surface area contributed by atoms with Crippen LogP contribution < -0.4 is 43.2 Å². The molecule has 0 unspecified atom stereocenters. The topological polar surface area (TPSA) is 246 Å². The van der Waals surface area contributed by atoms with Gasteiger partial charge in [-0.15, -0.1) is 0 Å². The number of phenolic OH excluding ortho intramolecular Hbond substituents is 1. The summed E-state index contributed by atoms with van der Waals surface area (Å²) in [6, 6.07) is 11.1. The van der Waals surface area contributed by atoms with Gasteiger partial charge in [0.05, 0.1) is 18.8 Å². The normalized spacial score (nSPS) is 12.9. The first-order valence-electron chi connectivity index (χ1n) is 14.8. The number of primary amides is 1. The SMILES string of the molecule is CC(C)C[C@H](NC(=O)[C@H](Cc1ccccc1)NC(=O)CNC(=O)CNc1c(CN[C@H](C(N)=O)c2ccc(O)cc2)c(=O)c1=O)C(=O)O. The van der Waals surface area contributed by atoms with Crippen molar-refractivity contribution in [3.63, 3.8) is 0 Å². The monoisotopic (exact) mass is 650 g/mol. The third-order valence-corrected chi connectivity index (χ3v) is 7.13. The molecule has 0 spiro atoms. The van der Waals surface area contributed by atoms with E-state index in [0.717, 1.165) is 0 Å². The number of benzene rings is 2. The van der Waals surface area contributed by atoms with Crippen molar-refractivity contribution in [2.75, 3.05) is 18.4 Å².